The van der Waals surface area contributed by atoms with E-state index in [4.69, 9.17) is 4.42 Å². The minimum Gasteiger partial charge on any atom is -0.464 e. The number of amides is 1. The number of carbonyl (C=O) groups is 1. The van der Waals surface area contributed by atoms with Crippen LogP contribution in [0.3, 0.4) is 0 Å². The highest BCUT2D eigenvalue weighted by Gasteiger charge is 2.14. The molecule has 0 aliphatic rings. The highest BCUT2D eigenvalue weighted by Crippen LogP contribution is 2.15. The number of carbonyl (C=O) groups excluding carboxylic acids is 1. The number of nitrogens with one attached hydrogen (secondary N) is 1. The van der Waals surface area contributed by atoms with Crippen molar-refractivity contribution in [1.82, 2.24) is 19.7 Å². The first-order valence-electron chi connectivity index (χ1n) is 7.08. The lowest BCUT2D eigenvalue weighted by Crippen LogP contribution is -2.28. The summed E-state index contributed by atoms with van der Waals surface area (Å²) >= 11 is 1.26. The summed E-state index contributed by atoms with van der Waals surface area (Å²) in [6.45, 7) is 4.87. The second kappa shape index (κ2) is 7.35. The van der Waals surface area contributed by atoms with Gasteiger partial charge in [0.25, 0.3) is 0 Å². The monoisotopic (exact) mass is 324 g/mol. The third kappa shape index (κ3) is 4.03. The lowest BCUT2D eigenvalue weighted by molar-refractivity contribution is -0.127. The van der Waals surface area contributed by atoms with Gasteiger partial charge in [0.15, 0.2) is 5.16 Å². The molecule has 7 nitrogen and oxygen atoms in total. The molecule has 0 unspecified atom stereocenters. The smallest absolute Gasteiger partial charge is 0.343 e. The summed E-state index contributed by atoms with van der Waals surface area (Å²) < 4.78 is 7.01. The van der Waals surface area contributed by atoms with Crippen molar-refractivity contribution < 1.29 is 9.21 Å². The number of nitrogens with zero attached hydrogens (tertiary/aromatic N) is 3. The highest BCUT2D eigenvalue weighted by atomic mass is 32.2. The molecule has 2 aromatic rings. The van der Waals surface area contributed by atoms with Gasteiger partial charge in [-0.25, -0.2) is 9.89 Å². The molecule has 1 amide bonds. The molecule has 22 heavy (non-hydrogen) atoms. The molecule has 1 N–H and O–H groups in total. The maximum atomic E-state index is 12.1. The van der Waals surface area contributed by atoms with Crippen LogP contribution >= 0.6 is 11.8 Å². The summed E-state index contributed by atoms with van der Waals surface area (Å²) in [5.74, 6) is 1.76. The quantitative estimate of drug-likeness (QED) is 0.783. The van der Waals surface area contributed by atoms with Crippen molar-refractivity contribution in [3.05, 3.63) is 34.1 Å². The van der Waals surface area contributed by atoms with Crippen molar-refractivity contribution in [2.75, 3.05) is 12.8 Å². The van der Waals surface area contributed by atoms with Crippen molar-refractivity contribution in [2.24, 2.45) is 0 Å². The van der Waals surface area contributed by atoms with Crippen LogP contribution in [0.4, 0.5) is 0 Å². The molecule has 0 fully saturated rings. The Morgan fingerprint density at radius 1 is 1.50 bits per heavy atom. The van der Waals surface area contributed by atoms with Crippen molar-refractivity contribution in [3.8, 4) is 0 Å². The van der Waals surface area contributed by atoms with Crippen LogP contribution in [0.15, 0.2) is 26.5 Å². The molecule has 0 bridgehead atoms. The normalized spacial score (nSPS) is 10.9. The molecule has 0 aliphatic carbocycles. The van der Waals surface area contributed by atoms with E-state index >= 15 is 0 Å². The zero-order chi connectivity index (χ0) is 16.1. The number of furan rings is 1. The number of hydrogen-bond donors (Lipinski definition) is 1. The van der Waals surface area contributed by atoms with Gasteiger partial charge < -0.3 is 9.32 Å². The van der Waals surface area contributed by atoms with Crippen LogP contribution in [0.2, 0.25) is 0 Å². The van der Waals surface area contributed by atoms with Crippen LogP contribution < -0.4 is 5.69 Å². The molecule has 8 heteroatoms. The van der Waals surface area contributed by atoms with E-state index < -0.39 is 0 Å². The van der Waals surface area contributed by atoms with Crippen molar-refractivity contribution in [2.45, 2.75) is 38.5 Å². The first-order chi connectivity index (χ1) is 10.5. The first kappa shape index (κ1) is 16.4. The number of hydrogen-bond acceptors (Lipinski definition) is 5. The predicted molar refractivity (Wildman–Crippen MR) is 83.8 cm³/mol. The molecule has 0 spiro atoms. The van der Waals surface area contributed by atoms with E-state index in [-0.39, 0.29) is 17.3 Å². The minimum absolute atomic E-state index is 0.0439. The average Bonchev–Trinajstić information content (AvgIpc) is 3.04. The molecule has 0 aliphatic heterocycles. The van der Waals surface area contributed by atoms with Gasteiger partial charge in [-0.1, -0.05) is 18.7 Å². The SMILES string of the molecule is CCCn1c(SCC(=O)N(C)Cc2ccc(C)o2)n[nH]c1=O. The third-order valence-corrected chi connectivity index (χ3v) is 4.07. The minimum atomic E-state index is -0.240. The molecule has 2 rings (SSSR count). The Balaban J connectivity index is 1.90. The number of thioether (sulfide) groups is 1. The van der Waals surface area contributed by atoms with E-state index in [9.17, 15) is 9.59 Å². The fraction of sp³-hybridized carbons (Fsp3) is 0.500. The van der Waals surface area contributed by atoms with Gasteiger partial charge in [-0.2, -0.15) is 0 Å². The zero-order valence-electron chi connectivity index (χ0n) is 13.0. The van der Waals surface area contributed by atoms with Gasteiger partial charge in [0.1, 0.15) is 11.5 Å². The van der Waals surface area contributed by atoms with Crippen LogP contribution in [0.25, 0.3) is 0 Å². The summed E-state index contributed by atoms with van der Waals surface area (Å²) in [5, 5.41) is 6.91. The maximum absolute atomic E-state index is 12.1. The standard InChI is InChI=1S/C14H20N4O3S/c1-4-7-18-13(20)15-16-14(18)22-9-12(19)17(3)8-11-6-5-10(2)21-11/h5-6H,4,7-9H2,1-3H3,(H,15,20). The van der Waals surface area contributed by atoms with Gasteiger partial charge in [-0.3, -0.25) is 9.36 Å². The molecule has 0 aromatic carbocycles. The molecule has 120 valence electrons. The second-order valence-corrected chi connectivity index (χ2v) is 5.96. The summed E-state index contributed by atoms with van der Waals surface area (Å²) in [4.78, 5) is 25.3. The van der Waals surface area contributed by atoms with E-state index in [2.05, 4.69) is 10.2 Å². The molecular weight excluding hydrogens is 304 g/mol. The average molecular weight is 324 g/mol. The molecule has 2 aromatic heterocycles. The summed E-state index contributed by atoms with van der Waals surface area (Å²) in [6.07, 6.45) is 0.832. The van der Waals surface area contributed by atoms with E-state index in [1.54, 1.807) is 16.5 Å². The number of aromatic nitrogens is 3. The van der Waals surface area contributed by atoms with Gasteiger partial charge in [-0.15, -0.1) is 5.10 Å². The Labute approximate surface area is 132 Å². The maximum Gasteiger partial charge on any atom is 0.343 e. The first-order valence-corrected chi connectivity index (χ1v) is 8.07. The Morgan fingerprint density at radius 3 is 2.91 bits per heavy atom. The van der Waals surface area contributed by atoms with Gasteiger partial charge >= 0.3 is 5.69 Å². The molecule has 0 saturated heterocycles. The van der Waals surface area contributed by atoms with Crippen molar-refractivity contribution in [3.63, 3.8) is 0 Å². The summed E-state index contributed by atoms with van der Waals surface area (Å²) in [7, 11) is 1.73. The Hall–Kier alpha value is -1.96. The van der Waals surface area contributed by atoms with Crippen LogP contribution in [0, 0.1) is 6.92 Å². The largest absolute Gasteiger partial charge is 0.464 e. The van der Waals surface area contributed by atoms with E-state index in [1.165, 1.54) is 11.8 Å². The molecule has 0 atom stereocenters. The lowest BCUT2D eigenvalue weighted by atomic mass is 10.4. The Kier molecular flexibility index (Phi) is 5.48. The number of aromatic amines is 1. The lowest BCUT2D eigenvalue weighted by Gasteiger charge is -2.15. The molecule has 2 heterocycles. The van der Waals surface area contributed by atoms with Crippen molar-refractivity contribution in [1.29, 1.82) is 0 Å². The van der Waals surface area contributed by atoms with E-state index in [0.29, 0.717) is 18.2 Å². The van der Waals surface area contributed by atoms with Crippen molar-refractivity contribution >= 4 is 17.7 Å². The molecular formula is C14H20N4O3S. The van der Waals surface area contributed by atoms with Crippen LogP contribution in [-0.4, -0.2) is 38.4 Å². The molecule has 0 radical (unpaired) electrons. The van der Waals surface area contributed by atoms with Gasteiger partial charge in [0, 0.05) is 13.6 Å². The highest BCUT2D eigenvalue weighted by molar-refractivity contribution is 7.99. The van der Waals surface area contributed by atoms with E-state index in [1.807, 2.05) is 26.0 Å². The third-order valence-electron chi connectivity index (χ3n) is 3.11. The zero-order valence-corrected chi connectivity index (χ0v) is 13.8. The predicted octanol–water partition coefficient (Wildman–Crippen LogP) is 1.63. The summed E-state index contributed by atoms with van der Waals surface area (Å²) in [5.41, 5.74) is -0.240. The Bertz CT molecular complexity index is 688. The number of aryl methyl sites for hydroxylation is 1. The fourth-order valence-corrected chi connectivity index (χ4v) is 2.88. The summed E-state index contributed by atoms with van der Waals surface area (Å²) in [6, 6.07) is 3.73. The van der Waals surface area contributed by atoms with Crippen LogP contribution in [0.5, 0.6) is 0 Å². The van der Waals surface area contributed by atoms with Gasteiger partial charge in [0.05, 0.1) is 12.3 Å². The topological polar surface area (TPSA) is 84.1 Å². The van der Waals surface area contributed by atoms with E-state index in [0.717, 1.165) is 17.9 Å². The second-order valence-electron chi connectivity index (χ2n) is 5.01. The number of H-pyrrole nitrogens is 1. The van der Waals surface area contributed by atoms with Gasteiger partial charge in [0.2, 0.25) is 5.91 Å². The fourth-order valence-electron chi connectivity index (χ4n) is 1.96. The molecule has 0 saturated carbocycles. The number of rotatable bonds is 7. The van der Waals surface area contributed by atoms with Crippen LogP contribution in [-0.2, 0) is 17.9 Å². The van der Waals surface area contributed by atoms with Crippen LogP contribution in [0.1, 0.15) is 24.9 Å². The Morgan fingerprint density at radius 2 is 2.27 bits per heavy atom. The van der Waals surface area contributed by atoms with Gasteiger partial charge in [-0.05, 0) is 25.5 Å².